The maximum Gasteiger partial charge on any atom is 0.377 e. The zero-order valence-corrected chi connectivity index (χ0v) is 14.3. The number of aromatic nitrogens is 2. The Kier molecular flexibility index (Phi) is 6.29. The van der Waals surface area contributed by atoms with E-state index in [1.54, 1.807) is 0 Å². The molecule has 3 N–H and O–H groups in total. The molecule has 0 fully saturated rings. The number of aromatic amines is 1. The molecule has 0 radical (unpaired) electrons. The number of carbonyl (C=O) groups excluding carboxylic acids is 2. The van der Waals surface area contributed by atoms with E-state index < -0.39 is 11.9 Å². The smallest absolute Gasteiger partial charge is 0.365 e. The average Bonchev–Trinajstić information content (AvgIpc) is 3.20. The highest BCUT2D eigenvalue weighted by atomic mass is 16.7. The Morgan fingerprint density at radius 1 is 0.815 bits per heavy atom. The largest absolute Gasteiger partial charge is 0.377 e. The Hall–Kier alpha value is -3.49. The Morgan fingerprint density at radius 3 is 1.89 bits per heavy atom. The van der Waals surface area contributed by atoms with Crippen molar-refractivity contribution < 1.29 is 19.3 Å². The molecule has 0 aliphatic heterocycles. The minimum Gasteiger partial charge on any atom is -0.365 e. The van der Waals surface area contributed by atoms with Crippen LogP contribution in [0, 0.1) is 0 Å². The van der Waals surface area contributed by atoms with Crippen molar-refractivity contribution in [3.05, 3.63) is 89.2 Å². The number of benzene rings is 2. The number of carbonyl (C=O) groups is 2. The highest BCUT2D eigenvalue weighted by molar-refractivity contribution is 5.92. The van der Waals surface area contributed by atoms with Gasteiger partial charge in [-0.05, 0) is 11.1 Å². The molecule has 138 valence electrons. The second kappa shape index (κ2) is 9.27. The number of nitrogens with zero attached hydrogens (tertiary/aromatic N) is 1. The van der Waals surface area contributed by atoms with Gasteiger partial charge >= 0.3 is 11.9 Å². The number of nitrogens with one attached hydrogen (secondary N) is 3. The van der Waals surface area contributed by atoms with E-state index in [1.807, 2.05) is 60.7 Å². The quantitative estimate of drug-likeness (QED) is 0.525. The summed E-state index contributed by atoms with van der Waals surface area (Å²) < 4.78 is 0. The van der Waals surface area contributed by atoms with Gasteiger partial charge in [0.2, 0.25) is 0 Å². The van der Waals surface area contributed by atoms with Gasteiger partial charge in [-0.3, -0.25) is 5.10 Å². The molecule has 27 heavy (non-hydrogen) atoms. The highest BCUT2D eigenvalue weighted by Gasteiger charge is 2.17. The van der Waals surface area contributed by atoms with Gasteiger partial charge in [-0.2, -0.15) is 5.10 Å². The van der Waals surface area contributed by atoms with E-state index in [2.05, 4.69) is 21.2 Å². The number of hydrogen-bond donors (Lipinski definition) is 3. The fourth-order valence-electron chi connectivity index (χ4n) is 2.20. The average molecular weight is 366 g/mol. The van der Waals surface area contributed by atoms with Crippen molar-refractivity contribution in [2.75, 3.05) is 0 Å². The van der Waals surface area contributed by atoms with Crippen LogP contribution in [0.15, 0.2) is 66.7 Å². The van der Waals surface area contributed by atoms with Crippen molar-refractivity contribution >= 4 is 11.9 Å². The lowest BCUT2D eigenvalue weighted by atomic mass is 10.2. The second-order valence-corrected chi connectivity index (χ2v) is 5.56. The molecule has 0 atom stereocenters. The van der Waals surface area contributed by atoms with Gasteiger partial charge in [0.25, 0.3) is 0 Å². The molecule has 0 saturated heterocycles. The van der Waals surface area contributed by atoms with Crippen molar-refractivity contribution in [3.63, 3.8) is 0 Å². The van der Waals surface area contributed by atoms with Gasteiger partial charge in [0.15, 0.2) is 5.69 Å². The van der Waals surface area contributed by atoms with Gasteiger partial charge < -0.3 is 9.68 Å². The maximum absolute atomic E-state index is 11.9. The molecule has 0 amide bonds. The van der Waals surface area contributed by atoms with Gasteiger partial charge in [0.1, 0.15) is 5.69 Å². The Labute approximate surface area is 155 Å². The lowest BCUT2D eigenvalue weighted by Crippen LogP contribution is -2.20. The summed E-state index contributed by atoms with van der Waals surface area (Å²) in [5.41, 5.74) is 7.04. The van der Waals surface area contributed by atoms with Gasteiger partial charge in [-0.15, -0.1) is 11.0 Å². The fourth-order valence-corrected chi connectivity index (χ4v) is 2.20. The third-order valence-electron chi connectivity index (χ3n) is 3.57. The molecule has 0 bridgehead atoms. The van der Waals surface area contributed by atoms with E-state index in [-0.39, 0.29) is 11.4 Å². The number of hydrogen-bond acceptors (Lipinski definition) is 7. The minimum atomic E-state index is -0.710. The summed E-state index contributed by atoms with van der Waals surface area (Å²) in [6.45, 7) is 0.717. The lowest BCUT2D eigenvalue weighted by Gasteiger charge is -2.04. The molecule has 0 saturated carbocycles. The first-order valence-electron chi connectivity index (χ1n) is 8.23. The summed E-state index contributed by atoms with van der Waals surface area (Å²) in [7, 11) is 0. The molecule has 0 aliphatic carbocycles. The highest BCUT2D eigenvalue weighted by Crippen LogP contribution is 2.04. The Morgan fingerprint density at radius 2 is 1.33 bits per heavy atom. The molecule has 8 nitrogen and oxygen atoms in total. The van der Waals surface area contributed by atoms with E-state index in [9.17, 15) is 9.59 Å². The van der Waals surface area contributed by atoms with Crippen LogP contribution in [-0.4, -0.2) is 22.1 Å². The molecule has 2 aromatic carbocycles. The summed E-state index contributed by atoms with van der Waals surface area (Å²) in [6, 6.07) is 20.2. The van der Waals surface area contributed by atoms with E-state index in [0.717, 1.165) is 11.1 Å². The molecule has 0 aliphatic rings. The summed E-state index contributed by atoms with van der Waals surface area (Å²) in [5, 5.41) is 6.21. The predicted molar refractivity (Wildman–Crippen MR) is 96.0 cm³/mol. The normalized spacial score (nSPS) is 10.4. The molecule has 1 heterocycles. The molecule has 3 rings (SSSR count). The Bertz CT molecular complexity index is 809. The van der Waals surface area contributed by atoms with Crippen molar-refractivity contribution in [1.29, 1.82) is 0 Å². The molecule has 8 heteroatoms. The van der Waals surface area contributed by atoms with Gasteiger partial charge in [0, 0.05) is 6.07 Å². The number of H-pyrrole nitrogens is 1. The summed E-state index contributed by atoms with van der Waals surface area (Å²) in [4.78, 5) is 33.7. The van der Waals surface area contributed by atoms with E-state index in [1.165, 1.54) is 6.07 Å². The van der Waals surface area contributed by atoms with Crippen LogP contribution in [0.5, 0.6) is 0 Å². The first-order valence-corrected chi connectivity index (χ1v) is 8.23. The molecular weight excluding hydrogens is 348 g/mol. The maximum atomic E-state index is 11.9. The van der Waals surface area contributed by atoms with Crippen LogP contribution < -0.4 is 11.0 Å². The van der Waals surface area contributed by atoms with Gasteiger partial charge in [-0.25, -0.2) is 9.59 Å². The van der Waals surface area contributed by atoms with Crippen LogP contribution in [0.3, 0.4) is 0 Å². The Balaban J connectivity index is 1.44. The van der Waals surface area contributed by atoms with Crippen molar-refractivity contribution in [2.24, 2.45) is 0 Å². The number of hydroxylamine groups is 2. The zero-order valence-electron chi connectivity index (χ0n) is 14.3. The van der Waals surface area contributed by atoms with E-state index in [0.29, 0.717) is 13.1 Å². The van der Waals surface area contributed by atoms with Crippen LogP contribution >= 0.6 is 0 Å². The number of rotatable bonds is 8. The van der Waals surface area contributed by atoms with Crippen molar-refractivity contribution in [2.45, 2.75) is 13.1 Å². The van der Waals surface area contributed by atoms with Gasteiger partial charge in [0.05, 0.1) is 13.1 Å². The van der Waals surface area contributed by atoms with Crippen molar-refractivity contribution in [1.82, 2.24) is 21.2 Å². The first-order chi connectivity index (χ1) is 13.2. The molecule has 0 unspecified atom stereocenters. The van der Waals surface area contributed by atoms with Crippen molar-refractivity contribution in [3.8, 4) is 0 Å². The minimum absolute atomic E-state index is 0.0329. The molecule has 3 aromatic rings. The topological polar surface area (TPSA) is 105 Å². The van der Waals surface area contributed by atoms with E-state index >= 15 is 0 Å². The zero-order chi connectivity index (χ0) is 18.9. The third kappa shape index (κ3) is 5.50. The van der Waals surface area contributed by atoms with Crippen LogP contribution in [-0.2, 0) is 22.8 Å². The summed E-state index contributed by atoms with van der Waals surface area (Å²) in [6.07, 6.45) is 0. The molecule has 0 spiro atoms. The third-order valence-corrected chi connectivity index (χ3v) is 3.57. The monoisotopic (exact) mass is 366 g/mol. The first kappa shape index (κ1) is 18.3. The van der Waals surface area contributed by atoms with E-state index in [4.69, 9.17) is 9.68 Å². The molecular formula is C19H18N4O4. The lowest BCUT2D eigenvalue weighted by molar-refractivity contribution is 0.0226. The van der Waals surface area contributed by atoms with Crippen LogP contribution in [0.25, 0.3) is 0 Å². The SMILES string of the molecule is O=C(ONCc1ccccc1)c1cc(C(=O)ONCc2ccccc2)[nH]n1. The second-order valence-electron chi connectivity index (χ2n) is 5.56. The standard InChI is InChI=1S/C19H18N4O4/c24-18(26-20-12-14-7-3-1-4-8-14)16-11-17(23-22-16)19(25)27-21-13-15-9-5-2-6-10-15/h1-11,20-21H,12-13H2,(H,22,23). The van der Waals surface area contributed by atoms with Crippen LogP contribution in [0.1, 0.15) is 32.1 Å². The summed E-state index contributed by atoms with van der Waals surface area (Å²) >= 11 is 0. The predicted octanol–water partition coefficient (Wildman–Crippen LogP) is 2.13. The molecule has 1 aromatic heterocycles. The summed E-state index contributed by atoms with van der Waals surface area (Å²) in [5.74, 6) is -1.40. The fraction of sp³-hybridized carbons (Fsp3) is 0.105. The van der Waals surface area contributed by atoms with Gasteiger partial charge in [-0.1, -0.05) is 60.7 Å². The van der Waals surface area contributed by atoms with Crippen LogP contribution in [0.4, 0.5) is 0 Å². The van der Waals surface area contributed by atoms with Crippen LogP contribution in [0.2, 0.25) is 0 Å².